The lowest BCUT2D eigenvalue weighted by Gasteiger charge is -2.38. The lowest BCUT2D eigenvalue weighted by atomic mass is 9.88. The fourth-order valence-corrected chi connectivity index (χ4v) is 3.34. The summed E-state index contributed by atoms with van der Waals surface area (Å²) in [6, 6.07) is 16.8. The highest BCUT2D eigenvalue weighted by molar-refractivity contribution is 5.49. The summed E-state index contributed by atoms with van der Waals surface area (Å²) in [6.45, 7) is 1.86. The van der Waals surface area contributed by atoms with E-state index >= 15 is 0 Å². The number of benzene rings is 2. The third-order valence-corrected chi connectivity index (χ3v) is 4.48. The maximum Gasteiger partial charge on any atom is 0.160 e. The summed E-state index contributed by atoms with van der Waals surface area (Å²) in [7, 11) is 3.33. The van der Waals surface area contributed by atoms with Gasteiger partial charge < -0.3 is 20.1 Å². The average molecular weight is 312 g/mol. The summed E-state index contributed by atoms with van der Waals surface area (Å²) in [4.78, 5) is 2.37. The number of ether oxygens (including phenoxy) is 2. The van der Waals surface area contributed by atoms with Gasteiger partial charge in [0.15, 0.2) is 11.5 Å². The quantitative estimate of drug-likeness (QED) is 0.943. The number of para-hydroxylation sites is 1. The van der Waals surface area contributed by atoms with E-state index in [-0.39, 0.29) is 6.04 Å². The lowest BCUT2D eigenvalue weighted by Crippen LogP contribution is -2.46. The van der Waals surface area contributed by atoms with Crippen molar-refractivity contribution in [1.82, 2.24) is 0 Å². The summed E-state index contributed by atoms with van der Waals surface area (Å²) in [5.74, 6) is 1.92. The first-order chi connectivity index (χ1) is 11.2. The van der Waals surface area contributed by atoms with Gasteiger partial charge in [0.25, 0.3) is 0 Å². The van der Waals surface area contributed by atoms with E-state index in [1.54, 1.807) is 14.2 Å². The normalized spacial score (nSPS) is 21.1. The molecule has 23 heavy (non-hydrogen) atoms. The molecule has 0 radical (unpaired) electrons. The Morgan fingerprint density at radius 1 is 0.957 bits per heavy atom. The average Bonchev–Trinajstić information content (AvgIpc) is 2.61. The Labute approximate surface area is 137 Å². The van der Waals surface area contributed by atoms with E-state index in [0.717, 1.165) is 31.0 Å². The third kappa shape index (κ3) is 3.42. The monoisotopic (exact) mass is 312 g/mol. The van der Waals surface area contributed by atoms with Gasteiger partial charge in [0.05, 0.1) is 14.2 Å². The van der Waals surface area contributed by atoms with Gasteiger partial charge in [-0.1, -0.05) is 24.3 Å². The van der Waals surface area contributed by atoms with Crippen LogP contribution < -0.4 is 20.1 Å². The van der Waals surface area contributed by atoms with Crippen molar-refractivity contribution in [1.29, 1.82) is 0 Å². The second-order valence-electron chi connectivity index (χ2n) is 6.05. The Balaban J connectivity index is 1.84. The zero-order valence-electron chi connectivity index (χ0n) is 13.7. The highest BCUT2D eigenvalue weighted by Crippen LogP contribution is 2.35. The first-order valence-electron chi connectivity index (χ1n) is 7.98. The fraction of sp³-hybridized carbons (Fsp3) is 0.368. The third-order valence-electron chi connectivity index (χ3n) is 4.48. The molecule has 2 aromatic carbocycles. The van der Waals surface area contributed by atoms with E-state index in [4.69, 9.17) is 15.2 Å². The van der Waals surface area contributed by atoms with Crippen LogP contribution in [-0.4, -0.2) is 33.4 Å². The zero-order valence-corrected chi connectivity index (χ0v) is 13.7. The van der Waals surface area contributed by atoms with Crippen LogP contribution in [0.5, 0.6) is 11.5 Å². The fourth-order valence-electron chi connectivity index (χ4n) is 3.34. The molecule has 3 rings (SSSR count). The van der Waals surface area contributed by atoms with E-state index in [9.17, 15) is 0 Å². The van der Waals surface area contributed by atoms with Gasteiger partial charge in [0.1, 0.15) is 0 Å². The van der Waals surface area contributed by atoms with Gasteiger partial charge in [-0.2, -0.15) is 0 Å². The minimum Gasteiger partial charge on any atom is -0.493 e. The highest BCUT2D eigenvalue weighted by Gasteiger charge is 2.27. The Hall–Kier alpha value is -2.20. The second kappa shape index (κ2) is 6.92. The Morgan fingerprint density at radius 2 is 1.70 bits per heavy atom. The predicted octanol–water partition coefficient (Wildman–Crippen LogP) is 3.03. The Kier molecular flexibility index (Phi) is 4.72. The summed E-state index contributed by atoms with van der Waals surface area (Å²) in [5, 5.41) is 0. The van der Waals surface area contributed by atoms with Crippen molar-refractivity contribution in [3.63, 3.8) is 0 Å². The molecule has 4 heteroatoms. The Bertz CT molecular complexity index is 645. The number of piperidine rings is 1. The van der Waals surface area contributed by atoms with E-state index in [1.165, 1.54) is 11.3 Å². The van der Waals surface area contributed by atoms with Gasteiger partial charge in [0.2, 0.25) is 0 Å². The van der Waals surface area contributed by atoms with Crippen LogP contribution in [0.25, 0.3) is 0 Å². The zero-order chi connectivity index (χ0) is 16.2. The van der Waals surface area contributed by atoms with Gasteiger partial charge >= 0.3 is 0 Å². The molecule has 4 nitrogen and oxygen atoms in total. The van der Waals surface area contributed by atoms with Gasteiger partial charge in [-0.3, -0.25) is 0 Å². The maximum atomic E-state index is 6.32. The molecular formula is C19H24N2O2. The number of anilines is 1. The predicted molar refractivity (Wildman–Crippen MR) is 93.5 cm³/mol. The van der Waals surface area contributed by atoms with Crippen molar-refractivity contribution < 1.29 is 9.47 Å². The molecule has 0 aromatic heterocycles. The molecule has 2 aromatic rings. The van der Waals surface area contributed by atoms with Crippen molar-refractivity contribution in [3.8, 4) is 11.5 Å². The van der Waals surface area contributed by atoms with E-state index in [2.05, 4.69) is 41.3 Å². The minimum absolute atomic E-state index is 0.169. The van der Waals surface area contributed by atoms with Crippen LogP contribution in [0, 0.1) is 0 Å². The summed E-state index contributed by atoms with van der Waals surface area (Å²) in [6.07, 6.45) is 0.985. The van der Waals surface area contributed by atoms with Crippen molar-refractivity contribution in [2.75, 3.05) is 32.2 Å². The molecule has 1 fully saturated rings. The number of nitrogens with two attached hydrogens (primary N) is 1. The number of hydrogen-bond donors (Lipinski definition) is 1. The van der Waals surface area contributed by atoms with Gasteiger partial charge in [-0.05, 0) is 36.2 Å². The summed E-state index contributed by atoms with van der Waals surface area (Å²) < 4.78 is 10.8. The molecule has 2 N–H and O–H groups in total. The molecule has 1 aliphatic rings. The van der Waals surface area contributed by atoms with Crippen LogP contribution in [0.3, 0.4) is 0 Å². The van der Waals surface area contributed by atoms with E-state index in [1.807, 2.05) is 12.1 Å². The van der Waals surface area contributed by atoms with Gasteiger partial charge in [-0.15, -0.1) is 0 Å². The molecule has 1 saturated heterocycles. The molecule has 0 amide bonds. The molecule has 0 aliphatic carbocycles. The van der Waals surface area contributed by atoms with Crippen LogP contribution in [0.1, 0.15) is 17.9 Å². The molecule has 1 aliphatic heterocycles. The number of nitrogens with zero attached hydrogens (tertiary/aromatic N) is 1. The van der Waals surface area contributed by atoms with E-state index < -0.39 is 0 Å². The van der Waals surface area contributed by atoms with Gasteiger partial charge in [-0.25, -0.2) is 0 Å². The molecule has 0 spiro atoms. The molecule has 0 bridgehead atoms. The first kappa shape index (κ1) is 15.7. The largest absolute Gasteiger partial charge is 0.493 e. The topological polar surface area (TPSA) is 47.7 Å². The molecule has 122 valence electrons. The standard InChI is InChI=1S/C19H24N2O2/c1-22-18-9-8-14(11-19(18)23-2)15-10-16(20)13-21(12-15)17-6-4-3-5-7-17/h3-9,11,15-16H,10,12-13,20H2,1-2H3. The molecule has 0 saturated carbocycles. The van der Waals surface area contributed by atoms with Crippen LogP contribution in [-0.2, 0) is 0 Å². The molecule has 2 unspecified atom stereocenters. The minimum atomic E-state index is 0.169. The number of rotatable bonds is 4. The van der Waals surface area contributed by atoms with Gasteiger partial charge in [0, 0.05) is 30.7 Å². The van der Waals surface area contributed by atoms with Crippen molar-refractivity contribution in [2.24, 2.45) is 5.73 Å². The molecule has 1 heterocycles. The van der Waals surface area contributed by atoms with Crippen molar-refractivity contribution in [2.45, 2.75) is 18.4 Å². The Morgan fingerprint density at radius 3 is 2.39 bits per heavy atom. The number of methoxy groups -OCH3 is 2. The second-order valence-corrected chi connectivity index (χ2v) is 6.05. The lowest BCUT2D eigenvalue weighted by molar-refractivity contribution is 0.353. The summed E-state index contributed by atoms with van der Waals surface area (Å²) in [5.41, 5.74) is 8.80. The van der Waals surface area contributed by atoms with Crippen LogP contribution in [0.2, 0.25) is 0 Å². The smallest absolute Gasteiger partial charge is 0.160 e. The van der Waals surface area contributed by atoms with Crippen molar-refractivity contribution >= 4 is 5.69 Å². The SMILES string of the molecule is COc1ccc(C2CC(N)CN(c3ccccc3)C2)cc1OC. The van der Waals surface area contributed by atoms with Crippen LogP contribution in [0.15, 0.2) is 48.5 Å². The van der Waals surface area contributed by atoms with E-state index in [0.29, 0.717) is 5.92 Å². The first-order valence-corrected chi connectivity index (χ1v) is 7.98. The molecule has 2 atom stereocenters. The summed E-state index contributed by atoms with van der Waals surface area (Å²) >= 11 is 0. The van der Waals surface area contributed by atoms with Crippen LogP contribution >= 0.6 is 0 Å². The number of hydrogen-bond acceptors (Lipinski definition) is 4. The molecular weight excluding hydrogens is 288 g/mol. The maximum absolute atomic E-state index is 6.32. The van der Waals surface area contributed by atoms with Crippen LogP contribution in [0.4, 0.5) is 5.69 Å². The van der Waals surface area contributed by atoms with Crippen molar-refractivity contribution in [3.05, 3.63) is 54.1 Å². The highest BCUT2D eigenvalue weighted by atomic mass is 16.5.